The second-order valence-electron chi connectivity index (χ2n) is 3.73. The van der Waals surface area contributed by atoms with E-state index in [-0.39, 0.29) is 5.97 Å². The minimum absolute atomic E-state index is 0.322. The zero-order valence-corrected chi connectivity index (χ0v) is 11.8. The molecule has 0 aromatic rings. The van der Waals surface area contributed by atoms with Crippen molar-refractivity contribution in [2.24, 2.45) is 5.73 Å². The summed E-state index contributed by atoms with van der Waals surface area (Å²) in [4.78, 5) is 13.1. The Morgan fingerprint density at radius 2 is 2.39 bits per heavy atom. The third-order valence-electron chi connectivity index (χ3n) is 2.49. The van der Waals surface area contributed by atoms with E-state index < -0.39 is 0 Å². The number of hydrogen-bond acceptors (Lipinski definition) is 5. The predicted octanol–water partition coefficient (Wildman–Crippen LogP) is 2.58. The number of nitrogens with two attached hydrogens (primary N) is 1. The monoisotopic (exact) mass is 281 g/mol. The highest BCUT2D eigenvalue weighted by molar-refractivity contribution is 8.04. The smallest absolute Gasteiger partial charge is 0.340 e. The van der Waals surface area contributed by atoms with Gasteiger partial charge in [-0.1, -0.05) is 12.2 Å². The largest absolute Gasteiger partial charge is 0.462 e. The molecule has 0 saturated heterocycles. The van der Waals surface area contributed by atoms with Gasteiger partial charge in [0, 0.05) is 27.7 Å². The number of thioether (sulfide) groups is 2. The van der Waals surface area contributed by atoms with Crippen LogP contribution in [-0.4, -0.2) is 24.1 Å². The Kier molecular flexibility index (Phi) is 4.60. The van der Waals surface area contributed by atoms with Gasteiger partial charge in [-0.15, -0.1) is 23.5 Å². The maximum atomic E-state index is 12.0. The summed E-state index contributed by atoms with van der Waals surface area (Å²) in [5.74, 6) is 1.24. The van der Waals surface area contributed by atoms with Crippen LogP contribution in [0.15, 0.2) is 45.4 Å². The molecule has 0 fully saturated rings. The van der Waals surface area contributed by atoms with Crippen LogP contribution in [0.4, 0.5) is 0 Å². The molecule has 2 aliphatic rings. The highest BCUT2D eigenvalue weighted by atomic mass is 32.2. The van der Waals surface area contributed by atoms with E-state index in [2.05, 4.69) is 6.08 Å². The van der Waals surface area contributed by atoms with Crippen LogP contribution in [0.2, 0.25) is 0 Å². The van der Waals surface area contributed by atoms with Crippen molar-refractivity contribution in [3.8, 4) is 0 Å². The van der Waals surface area contributed by atoms with E-state index in [1.165, 1.54) is 0 Å². The summed E-state index contributed by atoms with van der Waals surface area (Å²) in [6, 6.07) is 0. The molecule has 3 nitrogen and oxygen atoms in total. The molecule has 0 spiro atoms. The molecule has 18 heavy (non-hydrogen) atoms. The van der Waals surface area contributed by atoms with Crippen molar-refractivity contribution in [2.45, 2.75) is 6.92 Å². The van der Waals surface area contributed by atoms with E-state index in [9.17, 15) is 4.79 Å². The van der Waals surface area contributed by atoms with E-state index in [0.717, 1.165) is 16.2 Å². The number of allylic oxidation sites excluding steroid dienone is 3. The quantitative estimate of drug-likeness (QED) is 0.806. The average Bonchev–Trinajstić information content (AvgIpc) is 2.39. The lowest BCUT2D eigenvalue weighted by atomic mass is 10.0. The highest BCUT2D eigenvalue weighted by Gasteiger charge is 2.25. The number of ether oxygens (including phenoxy) is 1. The van der Waals surface area contributed by atoms with Gasteiger partial charge in [0.1, 0.15) is 0 Å². The van der Waals surface area contributed by atoms with Gasteiger partial charge in [-0.05, 0) is 18.4 Å². The molecule has 0 radical (unpaired) electrons. The first kappa shape index (κ1) is 13.4. The summed E-state index contributed by atoms with van der Waals surface area (Å²) >= 11 is 3.32. The summed E-state index contributed by atoms with van der Waals surface area (Å²) < 4.78 is 5.09. The van der Waals surface area contributed by atoms with Crippen molar-refractivity contribution in [3.05, 3.63) is 45.4 Å². The highest BCUT2D eigenvalue weighted by Crippen LogP contribution is 2.37. The van der Waals surface area contributed by atoms with Crippen molar-refractivity contribution < 1.29 is 9.53 Å². The van der Waals surface area contributed by atoms with Crippen molar-refractivity contribution in [1.82, 2.24) is 0 Å². The van der Waals surface area contributed by atoms with Gasteiger partial charge in [-0.25, -0.2) is 4.79 Å². The van der Waals surface area contributed by atoms with Crippen LogP contribution in [-0.2, 0) is 9.53 Å². The van der Waals surface area contributed by atoms with Crippen LogP contribution in [0.5, 0.6) is 0 Å². The second-order valence-corrected chi connectivity index (χ2v) is 5.65. The Balaban J connectivity index is 2.33. The molecule has 96 valence electrons. The standard InChI is InChI=1S/C13H15NO2S2/c1-2-16-13(15)12-9(7-17-8-10(12)14)11-5-3-4-6-18-11/h3-5,7H,2,6,8,14H2,1H3. The zero-order valence-electron chi connectivity index (χ0n) is 10.1. The number of carbonyl (C=O) groups excluding carboxylic acids is 1. The molecule has 0 aromatic carbocycles. The maximum Gasteiger partial charge on any atom is 0.340 e. The Morgan fingerprint density at radius 1 is 1.56 bits per heavy atom. The third-order valence-corrected chi connectivity index (χ3v) is 4.40. The SMILES string of the molecule is CCOC(=O)C1=C(N)CSC=C1C1=CC=CCS1. The van der Waals surface area contributed by atoms with Gasteiger partial charge in [0.15, 0.2) is 0 Å². The average molecular weight is 281 g/mol. The van der Waals surface area contributed by atoms with Crippen LogP contribution in [0.1, 0.15) is 6.92 Å². The van der Waals surface area contributed by atoms with Crippen molar-refractivity contribution >= 4 is 29.5 Å². The van der Waals surface area contributed by atoms with Crippen LogP contribution in [0, 0.1) is 0 Å². The Labute approximate surface area is 115 Å². The molecule has 0 atom stereocenters. The van der Waals surface area contributed by atoms with Gasteiger partial charge < -0.3 is 10.5 Å². The fourth-order valence-electron chi connectivity index (χ4n) is 1.71. The van der Waals surface area contributed by atoms with Crippen molar-refractivity contribution in [3.63, 3.8) is 0 Å². The molecule has 5 heteroatoms. The second kappa shape index (κ2) is 6.20. The predicted molar refractivity (Wildman–Crippen MR) is 78.1 cm³/mol. The fraction of sp³-hybridized carbons (Fsp3) is 0.308. The molecule has 2 aliphatic heterocycles. The van der Waals surface area contributed by atoms with Gasteiger partial charge in [-0.3, -0.25) is 0 Å². The Morgan fingerprint density at radius 3 is 3.06 bits per heavy atom. The Bertz CT molecular complexity index is 475. The van der Waals surface area contributed by atoms with E-state index in [1.807, 2.05) is 17.6 Å². The zero-order chi connectivity index (χ0) is 13.0. The molecular formula is C13H15NO2S2. The number of rotatable bonds is 3. The molecule has 2 heterocycles. The lowest BCUT2D eigenvalue weighted by molar-refractivity contribution is -0.138. The normalized spacial score (nSPS) is 19.4. The molecular weight excluding hydrogens is 266 g/mol. The maximum absolute atomic E-state index is 12.0. The lowest BCUT2D eigenvalue weighted by Gasteiger charge is -2.20. The van der Waals surface area contributed by atoms with Crippen LogP contribution in [0.25, 0.3) is 0 Å². The summed E-state index contributed by atoms with van der Waals surface area (Å²) in [6.07, 6.45) is 6.10. The molecule has 0 saturated carbocycles. The summed E-state index contributed by atoms with van der Waals surface area (Å²) in [6.45, 7) is 2.16. The van der Waals surface area contributed by atoms with Gasteiger partial charge in [0.2, 0.25) is 0 Å². The summed E-state index contributed by atoms with van der Waals surface area (Å²) in [5.41, 5.74) is 8.01. The summed E-state index contributed by atoms with van der Waals surface area (Å²) in [7, 11) is 0. The molecule has 2 N–H and O–H groups in total. The minimum atomic E-state index is -0.322. The molecule has 0 bridgehead atoms. The van der Waals surface area contributed by atoms with Crippen LogP contribution in [0.3, 0.4) is 0 Å². The molecule has 0 aromatic heterocycles. The van der Waals surface area contributed by atoms with E-state index >= 15 is 0 Å². The van der Waals surface area contributed by atoms with Gasteiger partial charge in [0.05, 0.1) is 12.2 Å². The van der Waals surface area contributed by atoms with E-state index in [1.54, 1.807) is 30.4 Å². The first-order chi connectivity index (χ1) is 8.74. The number of hydrogen-bond donors (Lipinski definition) is 1. The summed E-state index contributed by atoms with van der Waals surface area (Å²) in [5, 5.41) is 2.00. The van der Waals surface area contributed by atoms with Gasteiger partial charge in [0.25, 0.3) is 0 Å². The molecule has 2 rings (SSSR count). The van der Waals surface area contributed by atoms with Gasteiger partial charge >= 0.3 is 5.97 Å². The third kappa shape index (κ3) is 2.84. The molecule has 0 unspecified atom stereocenters. The van der Waals surface area contributed by atoms with Crippen molar-refractivity contribution in [2.75, 3.05) is 18.1 Å². The first-order valence-corrected chi connectivity index (χ1v) is 7.75. The van der Waals surface area contributed by atoms with E-state index in [4.69, 9.17) is 10.5 Å². The van der Waals surface area contributed by atoms with Crippen LogP contribution >= 0.6 is 23.5 Å². The van der Waals surface area contributed by atoms with E-state index in [0.29, 0.717) is 23.6 Å². The topological polar surface area (TPSA) is 52.3 Å². The van der Waals surface area contributed by atoms with Crippen molar-refractivity contribution in [1.29, 1.82) is 0 Å². The molecule has 0 amide bonds. The first-order valence-electron chi connectivity index (χ1n) is 5.72. The number of carbonyl (C=O) groups is 1. The van der Waals surface area contributed by atoms with Crippen LogP contribution < -0.4 is 5.73 Å². The minimum Gasteiger partial charge on any atom is -0.462 e. The fourth-order valence-corrected chi connectivity index (χ4v) is 3.48. The molecule has 0 aliphatic carbocycles. The Hall–Kier alpha value is -1.07. The number of esters is 1. The van der Waals surface area contributed by atoms with Gasteiger partial charge in [-0.2, -0.15) is 0 Å². The lowest BCUT2D eigenvalue weighted by Crippen LogP contribution is -2.19.